The van der Waals surface area contributed by atoms with Crippen molar-refractivity contribution in [2.75, 3.05) is 0 Å². The SMILES string of the molecule is CCCCn1/c(=N/c2sc3ccccc3[n+]2CCCC)sc2ccccc21. The quantitative estimate of drug-likeness (QED) is 0.340. The molecule has 0 spiro atoms. The van der Waals surface area contributed by atoms with E-state index in [-0.39, 0.29) is 0 Å². The van der Waals surface area contributed by atoms with Gasteiger partial charge in [-0.25, -0.2) is 4.57 Å². The van der Waals surface area contributed by atoms with E-state index in [2.05, 4.69) is 71.5 Å². The summed E-state index contributed by atoms with van der Waals surface area (Å²) in [6.45, 7) is 6.55. The maximum absolute atomic E-state index is 5.18. The van der Waals surface area contributed by atoms with E-state index in [0.29, 0.717) is 0 Å². The van der Waals surface area contributed by atoms with Crippen molar-refractivity contribution >= 4 is 48.2 Å². The smallest absolute Gasteiger partial charge is 0.295 e. The summed E-state index contributed by atoms with van der Waals surface area (Å²) in [5.41, 5.74) is 2.60. The third kappa shape index (κ3) is 3.71. The molecule has 2 aromatic heterocycles. The number of hydrogen-bond acceptors (Lipinski definition) is 3. The van der Waals surface area contributed by atoms with Gasteiger partial charge in [-0.3, -0.25) is 4.57 Å². The van der Waals surface area contributed by atoms with E-state index in [1.165, 1.54) is 46.1 Å². The molecule has 2 aromatic carbocycles. The Hall–Kier alpha value is -1.98. The van der Waals surface area contributed by atoms with Crippen molar-refractivity contribution in [3.63, 3.8) is 0 Å². The van der Waals surface area contributed by atoms with Gasteiger partial charge in [-0.05, 0) is 48.4 Å². The van der Waals surface area contributed by atoms with Gasteiger partial charge in [0.15, 0.2) is 0 Å². The molecule has 0 unspecified atom stereocenters. The van der Waals surface area contributed by atoms with E-state index in [0.717, 1.165) is 23.0 Å². The number of hydrogen-bond donors (Lipinski definition) is 0. The largest absolute Gasteiger partial charge is 0.386 e. The highest BCUT2D eigenvalue weighted by molar-refractivity contribution is 7.21. The van der Waals surface area contributed by atoms with Gasteiger partial charge in [-0.1, -0.05) is 62.3 Å². The molecule has 0 atom stereocenters. The Balaban J connectivity index is 1.90. The van der Waals surface area contributed by atoms with E-state index in [1.54, 1.807) is 22.7 Å². The highest BCUT2D eigenvalue weighted by Gasteiger charge is 2.19. The summed E-state index contributed by atoms with van der Waals surface area (Å²) in [5.74, 6) is 0. The minimum absolute atomic E-state index is 1.03. The predicted molar refractivity (Wildman–Crippen MR) is 117 cm³/mol. The zero-order valence-electron chi connectivity index (χ0n) is 16.0. The van der Waals surface area contributed by atoms with E-state index in [1.807, 2.05) is 0 Å². The number of aryl methyl sites for hydroxylation is 2. The first-order chi connectivity index (χ1) is 13.3. The molecule has 2 heterocycles. The minimum atomic E-state index is 1.03. The van der Waals surface area contributed by atoms with Crippen molar-refractivity contribution in [3.8, 4) is 0 Å². The fourth-order valence-electron chi connectivity index (χ4n) is 3.36. The van der Waals surface area contributed by atoms with Crippen molar-refractivity contribution in [3.05, 3.63) is 53.3 Å². The molecular weight excluding hydrogens is 370 g/mol. The van der Waals surface area contributed by atoms with Crippen LogP contribution in [0.2, 0.25) is 0 Å². The lowest BCUT2D eigenvalue weighted by molar-refractivity contribution is -0.655. The van der Waals surface area contributed by atoms with Crippen LogP contribution in [0.5, 0.6) is 0 Å². The second-order valence-electron chi connectivity index (χ2n) is 6.83. The molecule has 0 saturated carbocycles. The van der Waals surface area contributed by atoms with Crippen molar-refractivity contribution < 1.29 is 4.57 Å². The summed E-state index contributed by atoms with van der Waals surface area (Å²) in [7, 11) is 0. The average Bonchev–Trinajstić information content (AvgIpc) is 3.22. The number of unbranched alkanes of at least 4 members (excludes halogenated alkanes) is 2. The molecular formula is C22H26N3S2+. The summed E-state index contributed by atoms with van der Waals surface area (Å²) in [6.07, 6.45) is 4.73. The Bertz CT molecular complexity index is 1120. The number of aromatic nitrogens is 2. The van der Waals surface area contributed by atoms with Crippen LogP contribution in [-0.2, 0) is 13.1 Å². The monoisotopic (exact) mass is 396 g/mol. The summed E-state index contributed by atoms with van der Waals surface area (Å²) >= 11 is 3.60. The second kappa shape index (κ2) is 8.36. The molecule has 0 aliphatic rings. The van der Waals surface area contributed by atoms with Crippen molar-refractivity contribution in [2.24, 2.45) is 4.99 Å². The van der Waals surface area contributed by atoms with E-state index < -0.39 is 0 Å². The van der Waals surface area contributed by atoms with Crippen LogP contribution in [0.15, 0.2) is 53.5 Å². The molecule has 3 nitrogen and oxygen atoms in total. The fourth-order valence-corrected chi connectivity index (χ4v) is 5.53. The van der Waals surface area contributed by atoms with Gasteiger partial charge in [0.1, 0.15) is 5.52 Å². The third-order valence-electron chi connectivity index (χ3n) is 4.84. The topological polar surface area (TPSA) is 21.2 Å². The summed E-state index contributed by atoms with van der Waals surface area (Å²) in [5, 5.41) is 1.11. The normalized spacial score (nSPS) is 12.4. The van der Waals surface area contributed by atoms with Crippen molar-refractivity contribution in [1.29, 1.82) is 0 Å². The highest BCUT2D eigenvalue weighted by Crippen LogP contribution is 2.27. The van der Waals surface area contributed by atoms with Crippen LogP contribution in [0.3, 0.4) is 0 Å². The predicted octanol–water partition coefficient (Wildman–Crippen LogP) is 6.04. The van der Waals surface area contributed by atoms with Gasteiger partial charge in [-0.15, -0.1) is 0 Å². The lowest BCUT2D eigenvalue weighted by atomic mass is 10.3. The molecule has 0 amide bonds. The molecule has 4 rings (SSSR count). The Morgan fingerprint density at radius 2 is 1.63 bits per heavy atom. The Kier molecular flexibility index (Phi) is 5.69. The van der Waals surface area contributed by atoms with Crippen LogP contribution in [0.4, 0.5) is 5.13 Å². The molecule has 140 valence electrons. The van der Waals surface area contributed by atoms with Crippen molar-refractivity contribution in [2.45, 2.75) is 52.6 Å². The Morgan fingerprint density at radius 1 is 0.889 bits per heavy atom. The average molecular weight is 397 g/mol. The van der Waals surface area contributed by atoms with Crippen LogP contribution >= 0.6 is 22.7 Å². The lowest BCUT2D eigenvalue weighted by Gasteiger charge is -2.01. The van der Waals surface area contributed by atoms with Crippen LogP contribution < -0.4 is 9.37 Å². The summed E-state index contributed by atoms with van der Waals surface area (Å²) in [6, 6.07) is 17.3. The van der Waals surface area contributed by atoms with Crippen LogP contribution in [0, 0.1) is 0 Å². The zero-order valence-corrected chi connectivity index (χ0v) is 17.7. The molecule has 0 aliphatic heterocycles. The molecule has 0 bridgehead atoms. The lowest BCUT2D eigenvalue weighted by Crippen LogP contribution is -2.33. The molecule has 5 heteroatoms. The molecule has 0 radical (unpaired) electrons. The zero-order chi connectivity index (χ0) is 18.6. The van der Waals surface area contributed by atoms with E-state index in [4.69, 9.17) is 4.99 Å². The van der Waals surface area contributed by atoms with Crippen LogP contribution in [0.1, 0.15) is 39.5 Å². The van der Waals surface area contributed by atoms with Gasteiger partial charge in [0.2, 0.25) is 0 Å². The molecule has 27 heavy (non-hydrogen) atoms. The first kappa shape index (κ1) is 18.4. The van der Waals surface area contributed by atoms with Gasteiger partial charge in [-0.2, -0.15) is 0 Å². The van der Waals surface area contributed by atoms with Gasteiger partial charge < -0.3 is 0 Å². The minimum Gasteiger partial charge on any atom is -0.295 e. The maximum atomic E-state index is 5.18. The number of nitrogens with zero attached hydrogens (tertiary/aromatic N) is 3. The molecule has 0 saturated heterocycles. The fraction of sp³-hybridized carbons (Fsp3) is 0.364. The number of thiazole rings is 2. The molecule has 0 fully saturated rings. The van der Waals surface area contributed by atoms with E-state index in [9.17, 15) is 0 Å². The number of rotatable bonds is 7. The highest BCUT2D eigenvalue weighted by atomic mass is 32.1. The van der Waals surface area contributed by atoms with Gasteiger partial charge in [0, 0.05) is 11.5 Å². The number of benzene rings is 2. The van der Waals surface area contributed by atoms with Crippen LogP contribution in [0.25, 0.3) is 20.4 Å². The Morgan fingerprint density at radius 3 is 2.44 bits per heavy atom. The first-order valence-electron chi connectivity index (χ1n) is 9.86. The van der Waals surface area contributed by atoms with Gasteiger partial charge in [0.25, 0.3) is 0 Å². The summed E-state index contributed by atoms with van der Waals surface area (Å²) < 4.78 is 7.43. The Labute approximate surface area is 168 Å². The second-order valence-corrected chi connectivity index (χ2v) is 8.85. The standard InChI is InChI=1S/C22H26N3S2/c1-3-5-15-24-17-11-7-9-13-19(17)26-21(24)23-22-25(16-6-4-2)18-12-8-10-14-20(18)27-22/h7-14H,3-6,15-16H2,1-2H3/q+1. The maximum Gasteiger partial charge on any atom is 0.386 e. The summed E-state index contributed by atoms with van der Waals surface area (Å²) in [4.78, 5) is 6.30. The number of fused-ring (bicyclic) bond motifs is 2. The number of para-hydroxylation sites is 2. The van der Waals surface area contributed by atoms with Crippen molar-refractivity contribution in [1.82, 2.24) is 4.57 Å². The van der Waals surface area contributed by atoms with Gasteiger partial charge in [0.05, 0.1) is 21.5 Å². The molecule has 4 aromatic rings. The van der Waals surface area contributed by atoms with E-state index >= 15 is 0 Å². The van der Waals surface area contributed by atoms with Crippen LogP contribution in [-0.4, -0.2) is 4.57 Å². The first-order valence-corrected chi connectivity index (χ1v) is 11.5. The van der Waals surface area contributed by atoms with Gasteiger partial charge >= 0.3 is 9.93 Å². The molecule has 0 N–H and O–H groups in total. The third-order valence-corrected chi connectivity index (χ3v) is 6.96. The molecule has 0 aliphatic carbocycles.